The Labute approximate surface area is 280 Å². The second-order valence-corrected chi connectivity index (χ2v) is 15.7. The lowest BCUT2D eigenvalue weighted by molar-refractivity contribution is -0.141. The van der Waals surface area contributed by atoms with Crippen LogP contribution in [-0.2, 0) is 19.6 Å². The van der Waals surface area contributed by atoms with Crippen molar-refractivity contribution in [1.29, 1.82) is 0 Å². The minimum absolute atomic E-state index is 0.0426. The van der Waals surface area contributed by atoms with Gasteiger partial charge in [-0.05, 0) is 50.5 Å². The molecule has 0 spiro atoms. The van der Waals surface area contributed by atoms with Crippen LogP contribution >= 0.6 is 11.3 Å². The number of urea groups is 1. The summed E-state index contributed by atoms with van der Waals surface area (Å²) in [5, 5.41) is 13.4. The molecule has 0 radical (unpaired) electrons. The van der Waals surface area contributed by atoms with Crippen molar-refractivity contribution in [3.8, 4) is 5.88 Å². The van der Waals surface area contributed by atoms with E-state index in [2.05, 4.69) is 22.5 Å². The smallest absolute Gasteiger partial charge is 0.416 e. The van der Waals surface area contributed by atoms with Crippen molar-refractivity contribution in [1.82, 2.24) is 29.8 Å². The topological polar surface area (TPSA) is 188 Å². The predicted molar refractivity (Wildman–Crippen MR) is 176 cm³/mol. The van der Waals surface area contributed by atoms with Gasteiger partial charge in [-0.25, -0.2) is 37.6 Å². The van der Waals surface area contributed by atoms with Crippen LogP contribution in [0.15, 0.2) is 41.9 Å². The number of sulfonamides is 1. The summed E-state index contributed by atoms with van der Waals surface area (Å²) in [7, 11) is -4.11. The lowest BCUT2D eigenvalue weighted by Crippen LogP contribution is -2.58. The highest BCUT2D eigenvalue weighted by molar-refractivity contribution is 7.90. The fraction of sp³-hybridized carbons (Fsp3) is 0.500. The number of carbonyl (C=O) groups is 4. The summed E-state index contributed by atoms with van der Waals surface area (Å²) < 4.78 is 34.3. The number of nitrogens with zero attached hydrogens (tertiary/aromatic N) is 4. The van der Waals surface area contributed by atoms with Gasteiger partial charge in [0.2, 0.25) is 27.7 Å². The van der Waals surface area contributed by atoms with E-state index in [1.54, 1.807) is 5.51 Å². The molecule has 5 atom stereocenters. The normalized spacial score (nSPS) is 26.6. The molecule has 2 aliphatic carbocycles. The molecule has 16 heteroatoms. The first-order chi connectivity index (χ1) is 23.1. The van der Waals surface area contributed by atoms with E-state index in [4.69, 9.17) is 9.72 Å². The predicted octanol–water partition coefficient (Wildman–Crippen LogP) is 3.77. The number of hydrogen-bond acceptors (Lipinski definition) is 10. The molecular weight excluding hydrogens is 661 g/mol. The van der Waals surface area contributed by atoms with Crippen LogP contribution in [0.2, 0.25) is 0 Å². The number of thiazole rings is 1. The lowest BCUT2D eigenvalue weighted by atomic mass is 10.0. The summed E-state index contributed by atoms with van der Waals surface area (Å²) in [6.07, 6.45) is 5.85. The van der Waals surface area contributed by atoms with Gasteiger partial charge in [0.1, 0.15) is 23.7 Å². The first-order valence-electron chi connectivity index (χ1n) is 16.2. The van der Waals surface area contributed by atoms with E-state index >= 15 is 0 Å². The molecule has 3 fully saturated rings. The molecule has 1 aromatic carbocycles. The van der Waals surface area contributed by atoms with Crippen LogP contribution in [-0.4, -0.2) is 93.3 Å². The zero-order valence-corrected chi connectivity index (χ0v) is 27.6. The van der Waals surface area contributed by atoms with E-state index in [9.17, 15) is 32.7 Å². The number of pyridine rings is 1. The third kappa shape index (κ3) is 6.55. The van der Waals surface area contributed by atoms with Gasteiger partial charge < -0.3 is 20.1 Å². The monoisotopic (exact) mass is 696 g/mol. The Morgan fingerprint density at radius 3 is 2.71 bits per heavy atom. The summed E-state index contributed by atoms with van der Waals surface area (Å²) in [5.41, 5.74) is 2.94. The van der Waals surface area contributed by atoms with E-state index in [-0.39, 0.29) is 42.1 Å². The maximum Gasteiger partial charge on any atom is 0.416 e. The number of hydrogen-bond donors (Lipinski definition) is 3. The van der Waals surface area contributed by atoms with Gasteiger partial charge in [-0.2, -0.15) is 0 Å². The molecule has 4 heterocycles. The number of ether oxygens (including phenoxy) is 1. The summed E-state index contributed by atoms with van der Waals surface area (Å²) in [6, 6.07) is 3.49. The fourth-order valence-electron chi connectivity index (χ4n) is 6.60. The molecule has 2 aromatic heterocycles. The van der Waals surface area contributed by atoms with Gasteiger partial charge in [-0.15, -0.1) is 11.3 Å². The van der Waals surface area contributed by atoms with E-state index in [0.717, 1.165) is 29.3 Å². The Hall–Kier alpha value is -4.31. The molecule has 2 saturated carbocycles. The number of imide groups is 1. The Balaban J connectivity index is 1.20. The number of carboxylic acid groups (broad SMARTS) is 1. The second-order valence-electron chi connectivity index (χ2n) is 12.8. The van der Waals surface area contributed by atoms with Crippen LogP contribution in [0.3, 0.4) is 0 Å². The van der Waals surface area contributed by atoms with Crippen molar-refractivity contribution >= 4 is 66.4 Å². The van der Waals surface area contributed by atoms with Gasteiger partial charge in [0, 0.05) is 17.8 Å². The van der Waals surface area contributed by atoms with Crippen molar-refractivity contribution in [2.75, 3.05) is 6.54 Å². The Kier molecular flexibility index (Phi) is 8.70. The summed E-state index contributed by atoms with van der Waals surface area (Å²) >= 11 is 1.44. The largest absolute Gasteiger partial charge is 0.471 e. The number of para-hydroxylation sites is 1. The molecule has 254 valence electrons. The molecule has 3 N–H and O–H groups in total. The number of nitrogens with one attached hydrogen (secondary N) is 2. The lowest BCUT2D eigenvalue weighted by Gasteiger charge is -2.32. The van der Waals surface area contributed by atoms with Gasteiger partial charge >= 0.3 is 12.1 Å². The highest BCUT2D eigenvalue weighted by atomic mass is 32.2. The van der Waals surface area contributed by atoms with Gasteiger partial charge in [0.15, 0.2) is 0 Å². The highest BCUT2D eigenvalue weighted by Gasteiger charge is 2.48. The first kappa shape index (κ1) is 32.2. The van der Waals surface area contributed by atoms with Crippen LogP contribution in [0.4, 0.5) is 9.59 Å². The third-order valence-electron chi connectivity index (χ3n) is 9.38. The standard InChI is InChI=1S/C32H36N6O8S2/c39-28-25-15-19(46-29-26-27(47-17-33-26)21-9-6-7-10-22(21)35-29)16-37(25)30(40)24(11-5-3-1-2-4-8-18-14-23(18)34-28)38(32(42)43)31(41)36-48(44,45)20-12-13-20/h4,6-10,17-20,23-25H,1-3,5,11-16H2,(H,34,39)(H,36,41)(H,42,43). The summed E-state index contributed by atoms with van der Waals surface area (Å²) in [4.78, 5) is 64.7. The third-order valence-corrected chi connectivity index (χ3v) is 12.0. The number of allylic oxidation sites excluding steroid dienone is 1. The molecule has 7 rings (SSSR count). The number of amides is 5. The number of rotatable bonds is 5. The Bertz CT molecular complexity index is 1910. The van der Waals surface area contributed by atoms with Crippen molar-refractivity contribution in [3.05, 3.63) is 41.9 Å². The SMILES string of the molecule is O=C1NC2CC2C=CCCCCCC(N(C(=O)O)C(=O)NS(=O)(=O)C2CC2)C(=O)N2CC(Oc3nc4ccccc4c4scnc34)CC12. The summed E-state index contributed by atoms with van der Waals surface area (Å²) in [6.45, 7) is -0.0863. The molecule has 1 saturated heterocycles. The average molecular weight is 697 g/mol. The number of fused-ring (bicyclic) bond motifs is 5. The van der Waals surface area contributed by atoms with Gasteiger partial charge in [-0.1, -0.05) is 43.2 Å². The van der Waals surface area contributed by atoms with E-state index < -0.39 is 57.4 Å². The Morgan fingerprint density at radius 1 is 1.10 bits per heavy atom. The van der Waals surface area contributed by atoms with Crippen LogP contribution in [0.5, 0.6) is 5.88 Å². The molecule has 0 bridgehead atoms. The maximum atomic E-state index is 14.4. The average Bonchev–Trinajstić information content (AvgIpc) is 3.94. The first-order valence-corrected chi connectivity index (χ1v) is 18.7. The second kappa shape index (κ2) is 13.0. The summed E-state index contributed by atoms with van der Waals surface area (Å²) in [5.74, 6) is -0.722. The number of benzene rings is 1. The van der Waals surface area contributed by atoms with E-state index in [0.29, 0.717) is 36.7 Å². The van der Waals surface area contributed by atoms with Crippen molar-refractivity contribution < 1.29 is 37.4 Å². The molecular formula is C32H36N6O8S2. The minimum Gasteiger partial charge on any atom is -0.471 e. The quantitative estimate of drug-likeness (QED) is 0.332. The van der Waals surface area contributed by atoms with Gasteiger partial charge in [-0.3, -0.25) is 9.59 Å². The molecule has 4 aliphatic rings. The maximum absolute atomic E-state index is 14.4. The van der Waals surface area contributed by atoms with Crippen molar-refractivity contribution in [3.63, 3.8) is 0 Å². The molecule has 5 unspecified atom stereocenters. The van der Waals surface area contributed by atoms with E-state index in [1.807, 2.05) is 29.0 Å². The van der Waals surface area contributed by atoms with Gasteiger partial charge in [0.05, 0.1) is 27.5 Å². The van der Waals surface area contributed by atoms with Crippen LogP contribution in [0, 0.1) is 5.92 Å². The van der Waals surface area contributed by atoms with Crippen LogP contribution < -0.4 is 14.8 Å². The molecule has 5 amide bonds. The van der Waals surface area contributed by atoms with Gasteiger partial charge in [0.25, 0.3) is 0 Å². The highest BCUT2D eigenvalue weighted by Crippen LogP contribution is 2.36. The fourth-order valence-corrected chi connectivity index (χ4v) is 8.68. The van der Waals surface area contributed by atoms with E-state index in [1.165, 1.54) is 16.2 Å². The van der Waals surface area contributed by atoms with Crippen molar-refractivity contribution in [2.24, 2.45) is 5.92 Å². The zero-order valence-electron chi connectivity index (χ0n) is 26.0. The molecule has 14 nitrogen and oxygen atoms in total. The zero-order chi connectivity index (χ0) is 33.6. The van der Waals surface area contributed by atoms with Crippen LogP contribution in [0.1, 0.15) is 57.8 Å². The molecule has 2 aliphatic heterocycles. The number of aromatic nitrogens is 2. The van der Waals surface area contributed by atoms with Crippen LogP contribution in [0.25, 0.3) is 21.1 Å². The van der Waals surface area contributed by atoms with Crippen molar-refractivity contribution in [2.45, 2.75) is 87.3 Å². The Morgan fingerprint density at radius 2 is 1.92 bits per heavy atom. The minimum atomic E-state index is -4.11. The number of carbonyl (C=O) groups excluding carboxylic acids is 3. The molecule has 48 heavy (non-hydrogen) atoms. The molecule has 3 aromatic rings.